The van der Waals surface area contributed by atoms with Crippen LogP contribution in [-0.4, -0.2) is 18.0 Å². The van der Waals surface area contributed by atoms with Crippen molar-refractivity contribution in [3.05, 3.63) is 76.7 Å². The van der Waals surface area contributed by atoms with Crippen LogP contribution in [0.3, 0.4) is 0 Å². The van der Waals surface area contributed by atoms with E-state index in [0.717, 1.165) is 34.0 Å². The molecule has 0 unspecified atom stereocenters. The largest absolute Gasteiger partial charge is 0.497 e. The molecule has 6 heteroatoms. The minimum atomic E-state index is -0.0559. The smallest absolute Gasteiger partial charge is 0.226 e. The van der Waals surface area contributed by atoms with E-state index in [9.17, 15) is 4.79 Å². The molecule has 2 heterocycles. The average Bonchev–Trinajstić information content (AvgIpc) is 3.34. The minimum Gasteiger partial charge on any atom is -0.497 e. The standard InChI is InChI=1S/C23H22N2O3S/c1-15-3-7-19(28-15)9-10-22(26)25-23-24-14-21(29-23)12-16-4-5-18-13-20(27-2)8-6-17(18)11-16/h3-8,11,13-14H,9-10,12H2,1-2H3,(H,24,25,26). The Hall–Kier alpha value is -3.12. The number of thiazole rings is 1. The zero-order valence-corrected chi connectivity index (χ0v) is 17.2. The third-order valence-electron chi connectivity index (χ3n) is 4.68. The molecule has 0 fully saturated rings. The van der Waals surface area contributed by atoms with E-state index in [1.807, 2.05) is 37.4 Å². The molecule has 4 rings (SSSR count). The zero-order valence-electron chi connectivity index (χ0n) is 16.4. The number of fused-ring (bicyclic) bond motifs is 1. The molecule has 0 spiro atoms. The van der Waals surface area contributed by atoms with Crippen molar-refractivity contribution >= 4 is 33.1 Å². The van der Waals surface area contributed by atoms with Crippen LogP contribution in [0.25, 0.3) is 10.8 Å². The number of hydrogen-bond acceptors (Lipinski definition) is 5. The van der Waals surface area contributed by atoms with Crippen LogP contribution in [-0.2, 0) is 17.6 Å². The first kappa shape index (κ1) is 19.2. The van der Waals surface area contributed by atoms with E-state index in [2.05, 4.69) is 34.6 Å². The van der Waals surface area contributed by atoms with Crippen molar-refractivity contribution in [2.75, 3.05) is 12.4 Å². The summed E-state index contributed by atoms with van der Waals surface area (Å²) in [5.74, 6) is 2.49. The van der Waals surface area contributed by atoms with Gasteiger partial charge in [0.05, 0.1) is 7.11 Å². The van der Waals surface area contributed by atoms with Crippen LogP contribution in [0.4, 0.5) is 5.13 Å². The van der Waals surface area contributed by atoms with Gasteiger partial charge in [0.15, 0.2) is 5.13 Å². The monoisotopic (exact) mass is 406 g/mol. The highest BCUT2D eigenvalue weighted by Crippen LogP contribution is 2.25. The molecule has 29 heavy (non-hydrogen) atoms. The Morgan fingerprint density at radius 3 is 2.76 bits per heavy atom. The van der Waals surface area contributed by atoms with Crippen LogP contribution < -0.4 is 10.1 Å². The first-order valence-electron chi connectivity index (χ1n) is 9.45. The van der Waals surface area contributed by atoms with Gasteiger partial charge in [-0.05, 0) is 47.5 Å². The molecular formula is C23H22N2O3S. The average molecular weight is 407 g/mol. The SMILES string of the molecule is COc1ccc2cc(Cc3cnc(NC(=O)CCc4ccc(C)o4)s3)ccc2c1. The second-order valence-corrected chi connectivity index (χ2v) is 8.03. The van der Waals surface area contributed by atoms with Crippen molar-refractivity contribution in [2.45, 2.75) is 26.2 Å². The van der Waals surface area contributed by atoms with Crippen molar-refractivity contribution in [3.63, 3.8) is 0 Å². The van der Waals surface area contributed by atoms with E-state index >= 15 is 0 Å². The van der Waals surface area contributed by atoms with Gasteiger partial charge < -0.3 is 14.5 Å². The van der Waals surface area contributed by atoms with Gasteiger partial charge in [-0.15, -0.1) is 11.3 Å². The summed E-state index contributed by atoms with van der Waals surface area (Å²) in [5, 5.41) is 5.84. The Morgan fingerprint density at radius 2 is 1.97 bits per heavy atom. The Morgan fingerprint density at radius 1 is 1.14 bits per heavy atom. The number of aryl methyl sites for hydroxylation is 2. The highest BCUT2D eigenvalue weighted by atomic mass is 32.1. The Bertz CT molecular complexity index is 1150. The van der Waals surface area contributed by atoms with E-state index in [1.165, 1.54) is 22.3 Å². The molecule has 0 atom stereocenters. The van der Waals surface area contributed by atoms with E-state index in [4.69, 9.17) is 9.15 Å². The number of aromatic nitrogens is 1. The maximum absolute atomic E-state index is 12.2. The number of furan rings is 1. The molecule has 5 nitrogen and oxygen atoms in total. The summed E-state index contributed by atoms with van der Waals surface area (Å²) in [6.07, 6.45) is 3.56. The Kier molecular flexibility index (Phi) is 5.62. The molecule has 1 amide bonds. The molecule has 4 aromatic rings. The maximum Gasteiger partial charge on any atom is 0.226 e. The lowest BCUT2D eigenvalue weighted by Gasteiger charge is -2.05. The first-order valence-corrected chi connectivity index (χ1v) is 10.3. The van der Waals surface area contributed by atoms with Gasteiger partial charge in [0, 0.05) is 30.3 Å². The fourth-order valence-electron chi connectivity index (χ4n) is 3.20. The van der Waals surface area contributed by atoms with Gasteiger partial charge in [0.1, 0.15) is 17.3 Å². The number of hydrogen-bond donors (Lipinski definition) is 1. The number of carbonyl (C=O) groups excluding carboxylic acids is 1. The molecule has 2 aromatic heterocycles. The van der Waals surface area contributed by atoms with Gasteiger partial charge >= 0.3 is 0 Å². The van der Waals surface area contributed by atoms with Gasteiger partial charge in [-0.3, -0.25) is 4.79 Å². The number of carbonyl (C=O) groups is 1. The molecule has 0 aliphatic rings. The van der Waals surface area contributed by atoms with Crippen LogP contribution in [0.2, 0.25) is 0 Å². The predicted molar refractivity (Wildman–Crippen MR) is 116 cm³/mol. The molecule has 0 aliphatic heterocycles. The number of nitrogens with zero attached hydrogens (tertiary/aromatic N) is 1. The van der Waals surface area contributed by atoms with Crippen LogP contribution in [0, 0.1) is 6.92 Å². The normalized spacial score (nSPS) is 11.0. The summed E-state index contributed by atoms with van der Waals surface area (Å²) in [4.78, 5) is 17.6. The van der Waals surface area contributed by atoms with Crippen LogP contribution in [0.5, 0.6) is 5.75 Å². The Balaban J connectivity index is 1.36. The minimum absolute atomic E-state index is 0.0559. The molecule has 0 saturated carbocycles. The Labute approximate surface area is 173 Å². The quantitative estimate of drug-likeness (QED) is 0.448. The molecule has 0 radical (unpaired) electrons. The summed E-state index contributed by atoms with van der Waals surface area (Å²) >= 11 is 1.51. The second-order valence-electron chi connectivity index (χ2n) is 6.92. The topological polar surface area (TPSA) is 64.4 Å². The molecule has 0 bridgehead atoms. The third kappa shape index (κ3) is 4.84. The second kappa shape index (κ2) is 8.49. The van der Waals surface area contributed by atoms with Crippen molar-refractivity contribution in [1.82, 2.24) is 4.98 Å². The fourth-order valence-corrected chi connectivity index (χ4v) is 4.06. The number of nitrogens with one attached hydrogen (secondary N) is 1. The van der Waals surface area contributed by atoms with Gasteiger partial charge in [0.2, 0.25) is 5.91 Å². The van der Waals surface area contributed by atoms with Gasteiger partial charge in [-0.2, -0.15) is 0 Å². The molecule has 0 saturated heterocycles. The van der Waals surface area contributed by atoms with Crippen molar-refractivity contribution in [3.8, 4) is 5.75 Å². The highest BCUT2D eigenvalue weighted by Gasteiger charge is 2.09. The molecule has 1 N–H and O–H groups in total. The number of anilines is 1. The molecular weight excluding hydrogens is 384 g/mol. The maximum atomic E-state index is 12.2. The third-order valence-corrected chi connectivity index (χ3v) is 5.60. The van der Waals surface area contributed by atoms with E-state index < -0.39 is 0 Å². The van der Waals surface area contributed by atoms with Crippen molar-refractivity contribution in [1.29, 1.82) is 0 Å². The van der Waals surface area contributed by atoms with E-state index in [0.29, 0.717) is 18.0 Å². The molecule has 0 aliphatic carbocycles. The zero-order chi connectivity index (χ0) is 20.2. The van der Waals surface area contributed by atoms with E-state index in [-0.39, 0.29) is 5.91 Å². The predicted octanol–water partition coefficient (Wildman–Crippen LogP) is 5.37. The van der Waals surface area contributed by atoms with E-state index in [1.54, 1.807) is 7.11 Å². The lowest BCUT2D eigenvalue weighted by atomic mass is 10.0. The highest BCUT2D eigenvalue weighted by molar-refractivity contribution is 7.15. The number of benzene rings is 2. The molecule has 148 valence electrons. The van der Waals surface area contributed by atoms with Crippen molar-refractivity contribution in [2.24, 2.45) is 0 Å². The lowest BCUT2D eigenvalue weighted by molar-refractivity contribution is -0.116. The number of ether oxygens (including phenoxy) is 1. The lowest BCUT2D eigenvalue weighted by Crippen LogP contribution is -2.11. The van der Waals surface area contributed by atoms with Crippen LogP contribution in [0.1, 0.15) is 28.4 Å². The van der Waals surface area contributed by atoms with Gasteiger partial charge in [-0.25, -0.2) is 4.98 Å². The van der Waals surface area contributed by atoms with Crippen LogP contribution in [0.15, 0.2) is 59.1 Å². The van der Waals surface area contributed by atoms with Crippen LogP contribution >= 0.6 is 11.3 Å². The number of methoxy groups -OCH3 is 1. The summed E-state index contributed by atoms with van der Waals surface area (Å²) in [6, 6.07) is 16.3. The van der Waals surface area contributed by atoms with Crippen molar-refractivity contribution < 1.29 is 13.9 Å². The summed E-state index contributed by atoms with van der Waals surface area (Å²) in [7, 11) is 1.67. The number of amides is 1. The summed E-state index contributed by atoms with van der Waals surface area (Å²) in [6.45, 7) is 1.90. The summed E-state index contributed by atoms with van der Waals surface area (Å²) < 4.78 is 10.8. The first-order chi connectivity index (χ1) is 14.1. The van der Waals surface area contributed by atoms with Gasteiger partial charge in [-0.1, -0.05) is 24.3 Å². The fraction of sp³-hybridized carbons (Fsp3) is 0.217. The summed E-state index contributed by atoms with van der Waals surface area (Å²) in [5.41, 5.74) is 1.21. The van der Waals surface area contributed by atoms with Gasteiger partial charge in [0.25, 0.3) is 0 Å². The molecule has 2 aromatic carbocycles. The number of rotatable bonds is 7.